The molecule has 0 radical (unpaired) electrons. The molecular formula is C21H20ClN5O6. The molecule has 0 aliphatic heterocycles. The predicted octanol–water partition coefficient (Wildman–Crippen LogP) is 2.02. The van der Waals surface area contributed by atoms with Crippen LogP contribution in [-0.4, -0.2) is 40.6 Å². The summed E-state index contributed by atoms with van der Waals surface area (Å²) in [5.41, 5.74) is 4.43. The second kappa shape index (κ2) is 10.1. The molecule has 172 valence electrons. The number of nitrogen functional groups attached to an aromatic ring is 1. The third-order valence-corrected chi connectivity index (χ3v) is 5.15. The number of nitrogens with one attached hydrogen (secondary N) is 1. The number of nitro groups is 1. The number of non-ortho nitro benzene ring substituents is 1. The summed E-state index contributed by atoms with van der Waals surface area (Å²) >= 11 is 6.13. The van der Waals surface area contributed by atoms with Crippen LogP contribution in [0.2, 0.25) is 5.02 Å². The quantitative estimate of drug-likeness (QED) is 0.374. The number of ether oxygens (including phenoxy) is 1. The number of amides is 1. The molecule has 11 nitrogen and oxygen atoms in total. The molecule has 1 amide bonds. The maximum atomic E-state index is 13.4. The van der Waals surface area contributed by atoms with E-state index >= 15 is 0 Å². The number of aromatic nitrogens is 2. The number of rotatable bonds is 8. The topological polar surface area (TPSA) is 154 Å². The van der Waals surface area contributed by atoms with Crippen LogP contribution in [0, 0.1) is 10.1 Å². The van der Waals surface area contributed by atoms with E-state index in [1.54, 1.807) is 24.3 Å². The van der Waals surface area contributed by atoms with Crippen LogP contribution in [-0.2, 0) is 11.3 Å². The van der Waals surface area contributed by atoms with Crippen LogP contribution in [0.4, 0.5) is 17.2 Å². The summed E-state index contributed by atoms with van der Waals surface area (Å²) in [6, 6.07) is 12.3. The zero-order valence-corrected chi connectivity index (χ0v) is 18.2. The van der Waals surface area contributed by atoms with Crippen molar-refractivity contribution < 1.29 is 14.5 Å². The lowest BCUT2D eigenvalue weighted by Gasteiger charge is -2.24. The van der Waals surface area contributed by atoms with Gasteiger partial charge in [-0.2, -0.15) is 0 Å². The van der Waals surface area contributed by atoms with Gasteiger partial charge in [-0.05, 0) is 11.6 Å². The van der Waals surface area contributed by atoms with Crippen LogP contribution in [0.3, 0.4) is 0 Å². The molecule has 3 aromatic rings. The number of methoxy groups -OCH3 is 1. The molecule has 0 aliphatic carbocycles. The zero-order chi connectivity index (χ0) is 24.1. The first kappa shape index (κ1) is 23.7. The number of nitrogens with two attached hydrogens (primary N) is 1. The van der Waals surface area contributed by atoms with Gasteiger partial charge < -0.3 is 10.5 Å². The fourth-order valence-electron chi connectivity index (χ4n) is 3.19. The molecule has 0 fully saturated rings. The summed E-state index contributed by atoms with van der Waals surface area (Å²) in [6.07, 6.45) is 0. The van der Waals surface area contributed by atoms with Gasteiger partial charge in [-0.25, -0.2) is 4.79 Å². The normalized spacial score (nSPS) is 10.7. The number of H-pyrrole nitrogens is 1. The number of hydrogen-bond acceptors (Lipinski definition) is 7. The van der Waals surface area contributed by atoms with Crippen molar-refractivity contribution in [2.75, 3.05) is 30.9 Å². The summed E-state index contributed by atoms with van der Waals surface area (Å²) in [4.78, 5) is 52.2. The summed E-state index contributed by atoms with van der Waals surface area (Å²) < 4.78 is 6.16. The standard InChI is InChI=1S/C21H20ClN5O6/c1-33-10-9-25(20(29)15-11-14(27(31)32)7-8-16(15)22)17-18(23)26(21(30)24-19(17)28)12-13-5-3-2-4-6-13/h2-8,11H,9-10,12,23H2,1H3,(H,24,28,30). The molecule has 0 saturated heterocycles. The Morgan fingerprint density at radius 1 is 1.24 bits per heavy atom. The van der Waals surface area contributed by atoms with E-state index in [4.69, 9.17) is 22.1 Å². The lowest BCUT2D eigenvalue weighted by molar-refractivity contribution is -0.384. The Bertz CT molecular complexity index is 1300. The number of nitrogens with zero attached hydrogens (tertiary/aromatic N) is 3. The molecule has 2 aromatic carbocycles. The average Bonchev–Trinajstić information content (AvgIpc) is 2.79. The van der Waals surface area contributed by atoms with Crippen molar-refractivity contribution in [3.8, 4) is 0 Å². The van der Waals surface area contributed by atoms with Gasteiger partial charge in [0.1, 0.15) is 5.82 Å². The fourth-order valence-corrected chi connectivity index (χ4v) is 3.39. The Labute approximate surface area is 192 Å². The van der Waals surface area contributed by atoms with Crippen LogP contribution in [0.1, 0.15) is 15.9 Å². The number of carbonyl (C=O) groups excluding carboxylic acids is 1. The fraction of sp³-hybridized carbons (Fsp3) is 0.190. The Morgan fingerprint density at radius 2 is 1.94 bits per heavy atom. The van der Waals surface area contributed by atoms with Gasteiger partial charge in [0.2, 0.25) is 0 Å². The Balaban J connectivity index is 2.15. The molecule has 33 heavy (non-hydrogen) atoms. The second-order valence-electron chi connectivity index (χ2n) is 6.94. The molecule has 0 saturated carbocycles. The molecule has 0 aliphatic rings. The highest BCUT2D eigenvalue weighted by atomic mass is 35.5. The van der Waals surface area contributed by atoms with Gasteiger partial charge in [0.15, 0.2) is 5.69 Å². The van der Waals surface area contributed by atoms with Gasteiger partial charge in [0.25, 0.3) is 17.2 Å². The van der Waals surface area contributed by atoms with Crippen LogP contribution >= 0.6 is 11.6 Å². The van der Waals surface area contributed by atoms with Gasteiger partial charge in [0, 0.05) is 25.8 Å². The molecule has 0 unspecified atom stereocenters. The number of benzene rings is 2. The highest BCUT2D eigenvalue weighted by molar-refractivity contribution is 6.34. The van der Waals surface area contributed by atoms with Gasteiger partial charge in [0.05, 0.1) is 28.7 Å². The Morgan fingerprint density at radius 3 is 2.58 bits per heavy atom. The molecule has 0 atom stereocenters. The van der Waals surface area contributed by atoms with E-state index in [0.717, 1.165) is 27.2 Å². The highest BCUT2D eigenvalue weighted by Crippen LogP contribution is 2.26. The van der Waals surface area contributed by atoms with E-state index in [2.05, 4.69) is 4.98 Å². The van der Waals surface area contributed by atoms with Crippen LogP contribution < -0.4 is 21.9 Å². The number of halogens is 1. The molecule has 1 aromatic heterocycles. The number of anilines is 2. The van der Waals surface area contributed by atoms with Gasteiger partial charge in [-0.1, -0.05) is 41.9 Å². The van der Waals surface area contributed by atoms with Gasteiger partial charge in [-0.3, -0.25) is 34.2 Å². The summed E-state index contributed by atoms with van der Waals surface area (Å²) in [7, 11) is 1.40. The van der Waals surface area contributed by atoms with Gasteiger partial charge >= 0.3 is 5.69 Å². The number of aromatic amines is 1. The van der Waals surface area contributed by atoms with Crippen molar-refractivity contribution >= 4 is 34.7 Å². The van der Waals surface area contributed by atoms with E-state index < -0.39 is 22.1 Å². The largest absolute Gasteiger partial charge is 0.383 e. The van der Waals surface area contributed by atoms with Crippen molar-refractivity contribution in [2.45, 2.75) is 6.54 Å². The van der Waals surface area contributed by atoms with Crippen LogP contribution in [0.5, 0.6) is 0 Å². The molecule has 0 bridgehead atoms. The third-order valence-electron chi connectivity index (χ3n) is 4.82. The first-order valence-electron chi connectivity index (χ1n) is 9.65. The third kappa shape index (κ3) is 5.10. The van der Waals surface area contributed by atoms with E-state index in [-0.39, 0.29) is 47.5 Å². The first-order valence-corrected chi connectivity index (χ1v) is 10.0. The minimum atomic E-state index is -0.896. The van der Waals surface area contributed by atoms with E-state index in [1.165, 1.54) is 13.2 Å². The maximum absolute atomic E-state index is 13.4. The van der Waals surface area contributed by atoms with Gasteiger partial charge in [-0.15, -0.1) is 0 Å². The highest BCUT2D eigenvalue weighted by Gasteiger charge is 2.27. The van der Waals surface area contributed by atoms with Crippen molar-refractivity contribution in [1.82, 2.24) is 9.55 Å². The molecule has 3 N–H and O–H groups in total. The minimum Gasteiger partial charge on any atom is -0.383 e. The maximum Gasteiger partial charge on any atom is 0.330 e. The summed E-state index contributed by atoms with van der Waals surface area (Å²) in [5.74, 6) is -1.07. The smallest absolute Gasteiger partial charge is 0.330 e. The summed E-state index contributed by atoms with van der Waals surface area (Å²) in [6.45, 7) is -0.0840. The van der Waals surface area contributed by atoms with E-state index in [9.17, 15) is 24.5 Å². The molecule has 12 heteroatoms. The van der Waals surface area contributed by atoms with E-state index in [0.29, 0.717) is 0 Å². The zero-order valence-electron chi connectivity index (χ0n) is 17.5. The lowest BCUT2D eigenvalue weighted by Crippen LogP contribution is -2.42. The Hall–Kier alpha value is -3.96. The van der Waals surface area contributed by atoms with Crippen LogP contribution in [0.25, 0.3) is 0 Å². The first-order chi connectivity index (χ1) is 15.7. The summed E-state index contributed by atoms with van der Waals surface area (Å²) in [5, 5.41) is 11.1. The molecule has 3 rings (SSSR count). The number of nitro benzene ring substituents is 1. The van der Waals surface area contributed by atoms with Crippen molar-refractivity contribution in [1.29, 1.82) is 0 Å². The minimum absolute atomic E-state index is 0.00891. The Kier molecular flexibility index (Phi) is 7.26. The molecule has 0 spiro atoms. The monoisotopic (exact) mass is 473 g/mol. The lowest BCUT2D eigenvalue weighted by atomic mass is 10.1. The van der Waals surface area contributed by atoms with Crippen molar-refractivity contribution in [3.05, 3.63) is 95.6 Å². The molecular weight excluding hydrogens is 454 g/mol. The average molecular weight is 474 g/mol. The predicted molar refractivity (Wildman–Crippen MR) is 123 cm³/mol. The number of hydrogen-bond donors (Lipinski definition) is 2. The van der Waals surface area contributed by atoms with Crippen molar-refractivity contribution in [3.63, 3.8) is 0 Å². The number of carbonyl (C=O) groups is 1. The second-order valence-corrected chi connectivity index (χ2v) is 7.34. The van der Waals surface area contributed by atoms with E-state index in [1.807, 2.05) is 6.07 Å². The molecule has 1 heterocycles. The SMILES string of the molecule is COCCN(C(=O)c1cc([N+](=O)[O-])ccc1Cl)c1c(N)n(Cc2ccccc2)c(=O)[nH]c1=O. The van der Waals surface area contributed by atoms with Crippen LogP contribution in [0.15, 0.2) is 58.1 Å². The van der Waals surface area contributed by atoms with Crippen molar-refractivity contribution in [2.24, 2.45) is 0 Å².